The monoisotopic (exact) mass is 243 g/mol. The Morgan fingerprint density at radius 1 is 1.33 bits per heavy atom. The number of nitrogens with zero attached hydrogens (tertiary/aromatic N) is 5. The molecule has 3 aromatic heterocycles. The van der Waals surface area contributed by atoms with Gasteiger partial charge in [-0.2, -0.15) is 5.10 Å². The lowest BCUT2D eigenvalue weighted by atomic mass is 10.2. The standard InChI is InChI=1S/C11H13N7/c1-7-9(6-14-15-7)5-13-10-11-17-16-8(2)18(11)4-3-12-10/h3-4,6H,5H2,1-2H3,(H,12,13)(H,14,15). The summed E-state index contributed by atoms with van der Waals surface area (Å²) < 4.78 is 1.90. The van der Waals surface area contributed by atoms with Crippen molar-refractivity contribution >= 4 is 11.5 Å². The number of rotatable bonds is 3. The van der Waals surface area contributed by atoms with Crippen LogP contribution in [0.25, 0.3) is 5.65 Å². The number of aryl methyl sites for hydroxylation is 2. The Morgan fingerprint density at radius 2 is 2.22 bits per heavy atom. The summed E-state index contributed by atoms with van der Waals surface area (Å²) in [6.45, 7) is 4.55. The largest absolute Gasteiger partial charge is 0.363 e. The zero-order chi connectivity index (χ0) is 12.5. The van der Waals surface area contributed by atoms with E-state index in [9.17, 15) is 0 Å². The molecule has 0 aliphatic carbocycles. The highest BCUT2D eigenvalue weighted by Gasteiger charge is 2.08. The van der Waals surface area contributed by atoms with Crippen molar-refractivity contribution in [1.29, 1.82) is 0 Å². The average Bonchev–Trinajstić information content (AvgIpc) is 2.95. The van der Waals surface area contributed by atoms with Crippen LogP contribution in [0.3, 0.4) is 0 Å². The van der Waals surface area contributed by atoms with E-state index in [1.54, 1.807) is 12.4 Å². The quantitative estimate of drug-likeness (QED) is 0.719. The third-order valence-corrected chi connectivity index (χ3v) is 2.88. The van der Waals surface area contributed by atoms with Crippen molar-refractivity contribution in [2.24, 2.45) is 0 Å². The van der Waals surface area contributed by atoms with Crippen molar-refractivity contribution in [2.45, 2.75) is 20.4 Å². The molecule has 0 aromatic carbocycles. The lowest BCUT2D eigenvalue weighted by Gasteiger charge is -2.05. The number of hydrogen-bond acceptors (Lipinski definition) is 5. The molecule has 92 valence electrons. The summed E-state index contributed by atoms with van der Waals surface area (Å²) >= 11 is 0. The first kappa shape index (κ1) is 10.7. The summed E-state index contributed by atoms with van der Waals surface area (Å²) in [5.74, 6) is 1.56. The second kappa shape index (κ2) is 4.10. The molecule has 0 aliphatic rings. The van der Waals surface area contributed by atoms with Gasteiger partial charge in [0.25, 0.3) is 0 Å². The molecule has 3 aromatic rings. The number of aromatic nitrogens is 6. The maximum Gasteiger partial charge on any atom is 0.203 e. The van der Waals surface area contributed by atoms with E-state index in [-0.39, 0.29) is 0 Å². The summed E-state index contributed by atoms with van der Waals surface area (Å²) in [6, 6.07) is 0. The number of anilines is 1. The van der Waals surface area contributed by atoms with E-state index < -0.39 is 0 Å². The van der Waals surface area contributed by atoms with Gasteiger partial charge in [-0.3, -0.25) is 9.50 Å². The van der Waals surface area contributed by atoms with Crippen LogP contribution in [0.5, 0.6) is 0 Å². The van der Waals surface area contributed by atoms with E-state index in [0.29, 0.717) is 6.54 Å². The Morgan fingerprint density at radius 3 is 3.00 bits per heavy atom. The highest BCUT2D eigenvalue weighted by atomic mass is 15.3. The maximum atomic E-state index is 4.28. The first-order valence-corrected chi connectivity index (χ1v) is 5.65. The van der Waals surface area contributed by atoms with Crippen LogP contribution in [0.4, 0.5) is 5.82 Å². The highest BCUT2D eigenvalue weighted by Crippen LogP contribution is 2.13. The molecule has 0 amide bonds. The lowest BCUT2D eigenvalue weighted by molar-refractivity contribution is 0.999. The molecule has 0 fully saturated rings. The van der Waals surface area contributed by atoms with E-state index in [0.717, 1.165) is 28.5 Å². The third-order valence-electron chi connectivity index (χ3n) is 2.88. The Kier molecular flexibility index (Phi) is 2.44. The van der Waals surface area contributed by atoms with Crippen LogP contribution in [0.15, 0.2) is 18.6 Å². The molecular weight excluding hydrogens is 230 g/mol. The van der Waals surface area contributed by atoms with Crippen LogP contribution in [-0.2, 0) is 6.54 Å². The molecule has 0 spiro atoms. The van der Waals surface area contributed by atoms with Gasteiger partial charge in [0.05, 0.1) is 6.20 Å². The molecule has 0 unspecified atom stereocenters. The van der Waals surface area contributed by atoms with Crippen molar-refractivity contribution in [3.8, 4) is 0 Å². The maximum absolute atomic E-state index is 4.28. The second-order valence-corrected chi connectivity index (χ2v) is 4.09. The number of H-pyrrole nitrogens is 1. The van der Waals surface area contributed by atoms with E-state index >= 15 is 0 Å². The minimum Gasteiger partial charge on any atom is -0.363 e. The van der Waals surface area contributed by atoms with Crippen LogP contribution in [0.1, 0.15) is 17.1 Å². The molecule has 0 aliphatic heterocycles. The zero-order valence-corrected chi connectivity index (χ0v) is 10.2. The summed E-state index contributed by atoms with van der Waals surface area (Å²) in [6.07, 6.45) is 5.38. The SMILES string of the molecule is Cc1[nH]ncc1CNc1nccn2c(C)nnc12. The minimum absolute atomic E-state index is 0.654. The Hall–Kier alpha value is -2.44. The van der Waals surface area contributed by atoms with Gasteiger partial charge < -0.3 is 5.32 Å². The molecule has 0 saturated heterocycles. The first-order chi connectivity index (χ1) is 8.75. The lowest BCUT2D eigenvalue weighted by Crippen LogP contribution is -2.04. The van der Waals surface area contributed by atoms with Crippen LogP contribution < -0.4 is 5.32 Å². The van der Waals surface area contributed by atoms with Gasteiger partial charge >= 0.3 is 0 Å². The number of aromatic amines is 1. The van der Waals surface area contributed by atoms with Crippen LogP contribution in [0.2, 0.25) is 0 Å². The third kappa shape index (κ3) is 1.69. The van der Waals surface area contributed by atoms with E-state index in [4.69, 9.17) is 0 Å². The summed E-state index contributed by atoms with van der Waals surface area (Å²) in [7, 11) is 0. The molecule has 0 atom stereocenters. The van der Waals surface area contributed by atoms with Gasteiger partial charge in [-0.1, -0.05) is 0 Å². The van der Waals surface area contributed by atoms with Crippen molar-refractivity contribution in [3.63, 3.8) is 0 Å². The predicted molar refractivity (Wildman–Crippen MR) is 66.2 cm³/mol. The van der Waals surface area contributed by atoms with Crippen molar-refractivity contribution in [2.75, 3.05) is 5.32 Å². The van der Waals surface area contributed by atoms with Gasteiger partial charge in [0.1, 0.15) is 5.82 Å². The van der Waals surface area contributed by atoms with E-state index in [1.807, 2.05) is 24.4 Å². The normalized spacial score (nSPS) is 11.0. The van der Waals surface area contributed by atoms with Gasteiger partial charge in [-0.25, -0.2) is 4.98 Å². The van der Waals surface area contributed by atoms with Gasteiger partial charge in [0.15, 0.2) is 5.82 Å². The minimum atomic E-state index is 0.654. The van der Waals surface area contributed by atoms with Crippen molar-refractivity contribution in [3.05, 3.63) is 35.7 Å². The summed E-state index contributed by atoms with van der Waals surface area (Å²) in [5.41, 5.74) is 2.89. The van der Waals surface area contributed by atoms with Crippen molar-refractivity contribution < 1.29 is 0 Å². The fourth-order valence-electron chi connectivity index (χ4n) is 1.80. The van der Waals surface area contributed by atoms with E-state index in [1.165, 1.54) is 0 Å². The highest BCUT2D eigenvalue weighted by molar-refractivity contribution is 5.62. The fourth-order valence-corrected chi connectivity index (χ4v) is 1.80. The molecule has 0 bridgehead atoms. The topological polar surface area (TPSA) is 83.8 Å². The van der Waals surface area contributed by atoms with Gasteiger partial charge in [0, 0.05) is 30.2 Å². The number of hydrogen-bond donors (Lipinski definition) is 2. The molecule has 2 N–H and O–H groups in total. The zero-order valence-electron chi connectivity index (χ0n) is 10.2. The van der Waals surface area contributed by atoms with Crippen LogP contribution >= 0.6 is 0 Å². The summed E-state index contributed by atoms with van der Waals surface area (Å²) in [4.78, 5) is 4.28. The van der Waals surface area contributed by atoms with Crippen molar-refractivity contribution in [1.82, 2.24) is 29.8 Å². The number of fused-ring (bicyclic) bond motifs is 1. The van der Waals surface area contributed by atoms with Gasteiger partial charge in [-0.15, -0.1) is 10.2 Å². The average molecular weight is 243 g/mol. The predicted octanol–water partition coefficient (Wildman–Crippen LogP) is 1.08. The molecule has 0 radical (unpaired) electrons. The van der Waals surface area contributed by atoms with Crippen LogP contribution in [-0.4, -0.2) is 29.8 Å². The van der Waals surface area contributed by atoms with Crippen LogP contribution in [0, 0.1) is 13.8 Å². The molecular formula is C11H13N7. The molecule has 3 rings (SSSR count). The molecule has 3 heterocycles. The Bertz CT molecular complexity index is 682. The number of nitrogens with one attached hydrogen (secondary N) is 2. The molecule has 7 nitrogen and oxygen atoms in total. The van der Waals surface area contributed by atoms with Gasteiger partial charge in [-0.05, 0) is 13.8 Å². The van der Waals surface area contributed by atoms with E-state index in [2.05, 4.69) is 30.7 Å². The smallest absolute Gasteiger partial charge is 0.203 e. The van der Waals surface area contributed by atoms with Gasteiger partial charge in [0.2, 0.25) is 5.65 Å². The Labute approximate surface area is 103 Å². The molecule has 0 saturated carbocycles. The Balaban J connectivity index is 1.89. The first-order valence-electron chi connectivity index (χ1n) is 5.65. The summed E-state index contributed by atoms with van der Waals surface area (Å²) in [5, 5.41) is 18.3. The molecule has 7 heteroatoms. The second-order valence-electron chi connectivity index (χ2n) is 4.09. The molecule has 18 heavy (non-hydrogen) atoms. The fraction of sp³-hybridized carbons (Fsp3) is 0.273.